The summed E-state index contributed by atoms with van der Waals surface area (Å²) in [6.45, 7) is 0. The highest BCUT2D eigenvalue weighted by atomic mass is 32.1. The van der Waals surface area contributed by atoms with E-state index in [1.807, 2.05) is 11.3 Å². The van der Waals surface area contributed by atoms with Gasteiger partial charge in [-0.3, -0.25) is 0 Å². The monoisotopic (exact) mass is 334 g/mol. The highest BCUT2D eigenvalue weighted by Gasteiger charge is 2.16. The maximum absolute atomic E-state index is 2.29. The van der Waals surface area contributed by atoms with Crippen molar-refractivity contribution in [2.45, 2.75) is 0 Å². The molecule has 0 bridgehead atoms. The minimum absolute atomic E-state index is 1.32. The van der Waals surface area contributed by atoms with Crippen molar-refractivity contribution in [1.82, 2.24) is 0 Å². The minimum atomic E-state index is 1.32. The molecule has 6 aromatic rings. The first kappa shape index (κ1) is 13.4. The molecule has 0 unspecified atom stereocenters. The van der Waals surface area contributed by atoms with Gasteiger partial charge < -0.3 is 0 Å². The largest absolute Gasteiger partial charge is 0.144 e. The van der Waals surface area contributed by atoms with Crippen LogP contribution in [0.25, 0.3) is 53.5 Å². The zero-order valence-electron chi connectivity index (χ0n) is 13.5. The second kappa shape index (κ2) is 4.81. The maximum atomic E-state index is 2.29. The predicted octanol–water partition coefficient (Wildman–Crippen LogP) is 7.47. The molecule has 1 heterocycles. The zero-order chi connectivity index (χ0) is 16.4. The molecular weight excluding hydrogens is 320 g/mol. The van der Waals surface area contributed by atoms with E-state index in [4.69, 9.17) is 0 Å². The lowest BCUT2D eigenvalue weighted by atomic mass is 9.87. The molecule has 0 N–H and O–H groups in total. The lowest BCUT2D eigenvalue weighted by Gasteiger charge is -2.16. The van der Waals surface area contributed by atoms with E-state index in [-0.39, 0.29) is 0 Å². The molecule has 5 aromatic carbocycles. The lowest BCUT2D eigenvalue weighted by Crippen LogP contribution is -1.88. The second-order valence-corrected chi connectivity index (χ2v) is 7.53. The highest BCUT2D eigenvalue weighted by Crippen LogP contribution is 2.44. The molecule has 6 rings (SSSR count). The summed E-state index contributed by atoms with van der Waals surface area (Å²) in [6, 6.07) is 29.0. The van der Waals surface area contributed by atoms with Gasteiger partial charge in [0.25, 0.3) is 0 Å². The Morgan fingerprint density at radius 1 is 0.480 bits per heavy atom. The molecule has 0 atom stereocenters. The van der Waals surface area contributed by atoms with Gasteiger partial charge in [-0.2, -0.15) is 0 Å². The third kappa shape index (κ3) is 1.71. The van der Waals surface area contributed by atoms with E-state index in [0.29, 0.717) is 0 Å². The standard InChI is InChI=1S/C24H14S/c1-5-15-6-3-10-20-22(15)17(8-1)18-9-2-7-16-12-13-19(24(20)23(16)18)21-11-4-14-25-21/h1-14H. The third-order valence-corrected chi connectivity index (χ3v) is 6.20. The molecule has 0 fully saturated rings. The van der Waals surface area contributed by atoms with Gasteiger partial charge in [-0.15, -0.1) is 11.3 Å². The molecule has 1 heteroatoms. The molecule has 25 heavy (non-hydrogen) atoms. The number of hydrogen-bond donors (Lipinski definition) is 0. The van der Waals surface area contributed by atoms with Crippen LogP contribution >= 0.6 is 11.3 Å². The van der Waals surface area contributed by atoms with Crippen molar-refractivity contribution in [3.8, 4) is 10.4 Å². The Labute approximate surface area is 149 Å². The topological polar surface area (TPSA) is 0 Å². The van der Waals surface area contributed by atoms with Gasteiger partial charge >= 0.3 is 0 Å². The first-order chi connectivity index (χ1) is 12.4. The van der Waals surface area contributed by atoms with Crippen LogP contribution in [0, 0.1) is 0 Å². The summed E-state index contributed by atoms with van der Waals surface area (Å²) in [6.07, 6.45) is 0. The van der Waals surface area contributed by atoms with E-state index in [2.05, 4.69) is 84.2 Å². The Morgan fingerprint density at radius 3 is 1.88 bits per heavy atom. The molecule has 0 spiro atoms. The molecule has 0 aliphatic carbocycles. The van der Waals surface area contributed by atoms with Crippen molar-refractivity contribution in [3.05, 3.63) is 84.2 Å². The van der Waals surface area contributed by atoms with Crippen LogP contribution in [0.3, 0.4) is 0 Å². The van der Waals surface area contributed by atoms with Gasteiger partial charge in [0.15, 0.2) is 0 Å². The van der Waals surface area contributed by atoms with E-state index < -0.39 is 0 Å². The Bertz CT molecular complexity index is 1370. The SMILES string of the molecule is c1csc(-c2ccc3cccc4c5cccc6cccc(c2c34)c65)c1. The van der Waals surface area contributed by atoms with Crippen molar-refractivity contribution < 1.29 is 0 Å². The van der Waals surface area contributed by atoms with Gasteiger partial charge in [0.2, 0.25) is 0 Å². The van der Waals surface area contributed by atoms with Crippen molar-refractivity contribution >= 4 is 54.4 Å². The van der Waals surface area contributed by atoms with Crippen LogP contribution in [-0.2, 0) is 0 Å². The number of fused-ring (bicyclic) bond motifs is 2. The highest BCUT2D eigenvalue weighted by molar-refractivity contribution is 7.13. The van der Waals surface area contributed by atoms with Gasteiger partial charge in [0.1, 0.15) is 0 Å². The van der Waals surface area contributed by atoms with Crippen molar-refractivity contribution in [2.24, 2.45) is 0 Å². The molecule has 1 aromatic heterocycles. The molecule has 0 saturated heterocycles. The molecule has 0 amide bonds. The smallest absolute Gasteiger partial charge is 0.0349 e. The molecule has 0 radical (unpaired) electrons. The molecule has 0 nitrogen and oxygen atoms in total. The number of hydrogen-bond acceptors (Lipinski definition) is 1. The maximum Gasteiger partial charge on any atom is 0.0349 e. The molecule has 0 saturated carbocycles. The minimum Gasteiger partial charge on any atom is -0.144 e. The van der Waals surface area contributed by atoms with Gasteiger partial charge in [-0.1, -0.05) is 72.8 Å². The van der Waals surface area contributed by atoms with Gasteiger partial charge in [-0.05, 0) is 54.5 Å². The van der Waals surface area contributed by atoms with E-state index in [1.165, 1.54) is 53.5 Å². The summed E-state index contributed by atoms with van der Waals surface area (Å²) in [4.78, 5) is 1.34. The van der Waals surface area contributed by atoms with Crippen LogP contribution in [0.1, 0.15) is 0 Å². The van der Waals surface area contributed by atoms with Gasteiger partial charge in [0, 0.05) is 10.4 Å². The Hall–Kier alpha value is -2.90. The summed E-state index contributed by atoms with van der Waals surface area (Å²) in [5, 5.41) is 13.0. The van der Waals surface area contributed by atoms with Crippen LogP contribution < -0.4 is 0 Å². The summed E-state index contributed by atoms with van der Waals surface area (Å²) >= 11 is 1.81. The summed E-state index contributed by atoms with van der Waals surface area (Å²) in [7, 11) is 0. The first-order valence-electron chi connectivity index (χ1n) is 8.54. The van der Waals surface area contributed by atoms with Crippen LogP contribution in [0.15, 0.2) is 84.2 Å². The first-order valence-corrected chi connectivity index (χ1v) is 9.42. The van der Waals surface area contributed by atoms with Crippen LogP contribution in [0.2, 0.25) is 0 Å². The van der Waals surface area contributed by atoms with E-state index in [0.717, 1.165) is 0 Å². The van der Waals surface area contributed by atoms with Crippen molar-refractivity contribution in [3.63, 3.8) is 0 Å². The number of thiophene rings is 1. The van der Waals surface area contributed by atoms with Gasteiger partial charge in [-0.25, -0.2) is 0 Å². The Balaban J connectivity index is 2.03. The average Bonchev–Trinajstić information content (AvgIpc) is 3.20. The van der Waals surface area contributed by atoms with Crippen molar-refractivity contribution in [2.75, 3.05) is 0 Å². The van der Waals surface area contributed by atoms with Gasteiger partial charge in [0.05, 0.1) is 0 Å². The Morgan fingerprint density at radius 2 is 1.16 bits per heavy atom. The fourth-order valence-electron chi connectivity index (χ4n) is 4.29. The average molecular weight is 334 g/mol. The predicted molar refractivity (Wildman–Crippen MR) is 111 cm³/mol. The third-order valence-electron chi connectivity index (χ3n) is 5.30. The number of benzene rings is 5. The normalized spacial score (nSPS) is 12.0. The summed E-state index contributed by atoms with van der Waals surface area (Å²) in [5.41, 5.74) is 1.34. The second-order valence-electron chi connectivity index (χ2n) is 6.58. The quantitative estimate of drug-likeness (QED) is 0.216. The summed E-state index contributed by atoms with van der Waals surface area (Å²) < 4.78 is 0. The van der Waals surface area contributed by atoms with Crippen LogP contribution in [0.5, 0.6) is 0 Å². The fraction of sp³-hybridized carbons (Fsp3) is 0. The zero-order valence-corrected chi connectivity index (χ0v) is 14.3. The van der Waals surface area contributed by atoms with E-state index in [1.54, 1.807) is 0 Å². The van der Waals surface area contributed by atoms with Crippen LogP contribution in [0.4, 0.5) is 0 Å². The molecular formula is C24H14S. The van der Waals surface area contributed by atoms with E-state index in [9.17, 15) is 0 Å². The molecule has 0 aliphatic heterocycles. The van der Waals surface area contributed by atoms with Crippen LogP contribution in [-0.4, -0.2) is 0 Å². The molecule has 0 aliphatic rings. The fourth-order valence-corrected chi connectivity index (χ4v) is 5.05. The molecule has 116 valence electrons. The summed E-state index contributed by atoms with van der Waals surface area (Å²) in [5.74, 6) is 0. The Kier molecular flexibility index (Phi) is 2.58. The lowest BCUT2D eigenvalue weighted by molar-refractivity contribution is 1.77. The van der Waals surface area contributed by atoms with E-state index >= 15 is 0 Å². The van der Waals surface area contributed by atoms with Crippen molar-refractivity contribution in [1.29, 1.82) is 0 Å². The number of rotatable bonds is 1.